The van der Waals surface area contributed by atoms with Crippen molar-refractivity contribution in [3.8, 4) is 0 Å². The van der Waals surface area contributed by atoms with Gasteiger partial charge in [-0.15, -0.1) is 0 Å². The van der Waals surface area contributed by atoms with Crippen LogP contribution in [-0.2, 0) is 26.6 Å². The van der Waals surface area contributed by atoms with Crippen molar-refractivity contribution in [2.75, 3.05) is 0 Å². The number of nitrogens with zero attached hydrogens (tertiary/aromatic N) is 4. The molecule has 0 unspecified atom stereocenters. The smallest absolute Gasteiger partial charge is 0.0869 e. The van der Waals surface area contributed by atoms with E-state index in [9.17, 15) is 0 Å². The first-order valence-electron chi connectivity index (χ1n) is 7.38. The van der Waals surface area contributed by atoms with Gasteiger partial charge >= 0.3 is 0 Å². The molecule has 0 atom stereocenters. The monoisotopic (exact) mass is 309 g/mol. The molecule has 5 nitrogen and oxygen atoms in total. The van der Waals surface area contributed by atoms with Gasteiger partial charge in [0, 0.05) is 30.9 Å². The molecular weight excluding hydrogens is 286 g/mol. The molecule has 0 spiro atoms. The van der Waals surface area contributed by atoms with Crippen LogP contribution in [0, 0.1) is 6.92 Å². The Bertz CT molecular complexity index is 612. The molecule has 21 heavy (non-hydrogen) atoms. The van der Waals surface area contributed by atoms with Crippen molar-refractivity contribution in [1.82, 2.24) is 24.9 Å². The van der Waals surface area contributed by atoms with E-state index in [0.29, 0.717) is 12.6 Å². The van der Waals surface area contributed by atoms with Crippen molar-refractivity contribution in [2.45, 2.75) is 53.2 Å². The summed E-state index contributed by atoms with van der Waals surface area (Å²) >= 11 is 6.40. The quantitative estimate of drug-likeness (QED) is 0.892. The molecule has 0 bridgehead atoms. The van der Waals surface area contributed by atoms with Gasteiger partial charge in [-0.25, -0.2) is 0 Å². The van der Waals surface area contributed by atoms with Crippen molar-refractivity contribution in [1.29, 1.82) is 0 Å². The molecule has 6 heteroatoms. The zero-order chi connectivity index (χ0) is 15.6. The molecule has 0 aliphatic heterocycles. The average Bonchev–Trinajstić information content (AvgIpc) is 2.91. The Kier molecular flexibility index (Phi) is 5.06. The fourth-order valence-electron chi connectivity index (χ4n) is 2.27. The number of hydrogen-bond acceptors (Lipinski definition) is 3. The highest BCUT2D eigenvalue weighted by Crippen LogP contribution is 2.22. The molecular formula is C15H24ClN5. The summed E-state index contributed by atoms with van der Waals surface area (Å²) in [6, 6.07) is 0.464. The Labute approximate surface area is 131 Å². The van der Waals surface area contributed by atoms with E-state index in [1.807, 2.05) is 22.6 Å². The fourth-order valence-corrected chi connectivity index (χ4v) is 2.62. The van der Waals surface area contributed by atoms with Crippen LogP contribution in [0.15, 0.2) is 6.20 Å². The summed E-state index contributed by atoms with van der Waals surface area (Å²) in [6.07, 6.45) is 2.77. The van der Waals surface area contributed by atoms with Crippen molar-refractivity contribution in [3.05, 3.63) is 33.9 Å². The lowest BCUT2D eigenvalue weighted by Gasteiger charge is -2.09. The standard InChI is InChI=1S/C15H24ClN5/c1-6-13-15(16)14(20(5)19-13)9-21-11(4)12(8-18-21)7-17-10(2)3/h8,10,17H,6-7,9H2,1-5H3. The molecule has 0 aliphatic carbocycles. The summed E-state index contributed by atoms with van der Waals surface area (Å²) in [7, 11) is 1.93. The summed E-state index contributed by atoms with van der Waals surface area (Å²) in [5, 5.41) is 13.1. The maximum absolute atomic E-state index is 6.40. The van der Waals surface area contributed by atoms with Gasteiger partial charge in [0.05, 0.1) is 29.2 Å². The molecule has 0 saturated carbocycles. The van der Waals surface area contributed by atoms with Gasteiger partial charge < -0.3 is 5.32 Å². The van der Waals surface area contributed by atoms with Crippen molar-refractivity contribution in [2.24, 2.45) is 7.05 Å². The summed E-state index contributed by atoms with van der Waals surface area (Å²) in [4.78, 5) is 0. The number of hydrogen-bond donors (Lipinski definition) is 1. The number of rotatable bonds is 6. The molecule has 2 aromatic heterocycles. The van der Waals surface area contributed by atoms with Gasteiger partial charge in [-0.3, -0.25) is 9.36 Å². The number of aromatic nitrogens is 4. The Balaban J connectivity index is 2.19. The first kappa shape index (κ1) is 16.0. The first-order valence-corrected chi connectivity index (χ1v) is 7.76. The first-order chi connectivity index (χ1) is 9.93. The van der Waals surface area contributed by atoms with E-state index in [2.05, 4.69) is 43.2 Å². The summed E-state index contributed by atoms with van der Waals surface area (Å²) in [5.74, 6) is 0. The lowest BCUT2D eigenvalue weighted by Crippen LogP contribution is -2.22. The van der Waals surface area contributed by atoms with Crippen LogP contribution in [0.25, 0.3) is 0 Å². The van der Waals surface area contributed by atoms with E-state index in [4.69, 9.17) is 11.6 Å². The summed E-state index contributed by atoms with van der Waals surface area (Å²) in [6.45, 7) is 9.92. The minimum absolute atomic E-state index is 0.464. The largest absolute Gasteiger partial charge is 0.310 e. The predicted octanol–water partition coefficient (Wildman–Crippen LogP) is 2.69. The minimum Gasteiger partial charge on any atom is -0.310 e. The molecule has 2 heterocycles. The third-order valence-electron chi connectivity index (χ3n) is 3.71. The Hall–Kier alpha value is -1.33. The van der Waals surface area contributed by atoms with Crippen LogP contribution in [-0.4, -0.2) is 25.6 Å². The second-order valence-electron chi connectivity index (χ2n) is 5.63. The highest BCUT2D eigenvalue weighted by molar-refractivity contribution is 6.31. The third-order valence-corrected chi connectivity index (χ3v) is 4.14. The molecule has 0 aromatic carbocycles. The topological polar surface area (TPSA) is 47.7 Å². The Morgan fingerprint density at radius 1 is 1.38 bits per heavy atom. The Morgan fingerprint density at radius 3 is 2.67 bits per heavy atom. The second kappa shape index (κ2) is 6.62. The van der Waals surface area contributed by atoms with Crippen LogP contribution >= 0.6 is 11.6 Å². The van der Waals surface area contributed by atoms with E-state index >= 15 is 0 Å². The van der Waals surface area contributed by atoms with Crippen LogP contribution < -0.4 is 5.32 Å². The van der Waals surface area contributed by atoms with E-state index in [1.165, 1.54) is 11.3 Å². The fraction of sp³-hybridized carbons (Fsp3) is 0.600. The highest BCUT2D eigenvalue weighted by Gasteiger charge is 2.15. The molecule has 0 saturated heterocycles. The van der Waals surface area contributed by atoms with Crippen LogP contribution in [0.2, 0.25) is 5.02 Å². The lowest BCUT2D eigenvalue weighted by molar-refractivity contribution is 0.581. The predicted molar refractivity (Wildman–Crippen MR) is 85.6 cm³/mol. The van der Waals surface area contributed by atoms with E-state index < -0.39 is 0 Å². The molecule has 0 amide bonds. The molecule has 0 aliphatic rings. The van der Waals surface area contributed by atoms with Crippen LogP contribution in [0.4, 0.5) is 0 Å². The van der Waals surface area contributed by atoms with Crippen molar-refractivity contribution >= 4 is 11.6 Å². The molecule has 116 valence electrons. The average molecular weight is 310 g/mol. The van der Waals surface area contributed by atoms with Gasteiger partial charge in [0.15, 0.2) is 0 Å². The third kappa shape index (κ3) is 3.47. The maximum Gasteiger partial charge on any atom is 0.0869 e. The van der Waals surface area contributed by atoms with E-state index in [0.717, 1.165) is 29.4 Å². The zero-order valence-electron chi connectivity index (χ0n) is 13.4. The number of halogens is 1. The van der Waals surface area contributed by atoms with Crippen LogP contribution in [0.1, 0.15) is 43.4 Å². The van der Waals surface area contributed by atoms with Crippen molar-refractivity contribution < 1.29 is 0 Å². The van der Waals surface area contributed by atoms with Gasteiger partial charge in [-0.2, -0.15) is 10.2 Å². The Morgan fingerprint density at radius 2 is 2.10 bits per heavy atom. The SMILES string of the molecule is CCc1nn(C)c(Cn2ncc(CNC(C)C)c2C)c1Cl. The minimum atomic E-state index is 0.464. The maximum atomic E-state index is 6.40. The second-order valence-corrected chi connectivity index (χ2v) is 6.01. The van der Waals surface area contributed by atoms with Crippen LogP contribution in [0.5, 0.6) is 0 Å². The lowest BCUT2D eigenvalue weighted by atomic mass is 10.2. The summed E-state index contributed by atoms with van der Waals surface area (Å²) in [5.41, 5.74) is 4.33. The van der Waals surface area contributed by atoms with E-state index in [-0.39, 0.29) is 0 Å². The summed E-state index contributed by atoms with van der Waals surface area (Å²) < 4.78 is 3.84. The molecule has 0 radical (unpaired) electrons. The molecule has 2 rings (SSSR count). The van der Waals surface area contributed by atoms with Gasteiger partial charge in [0.25, 0.3) is 0 Å². The zero-order valence-corrected chi connectivity index (χ0v) is 14.2. The molecule has 0 fully saturated rings. The van der Waals surface area contributed by atoms with Gasteiger partial charge in [-0.1, -0.05) is 32.4 Å². The van der Waals surface area contributed by atoms with Crippen molar-refractivity contribution in [3.63, 3.8) is 0 Å². The molecule has 1 N–H and O–H groups in total. The number of aryl methyl sites for hydroxylation is 2. The van der Waals surface area contributed by atoms with Gasteiger partial charge in [-0.05, 0) is 13.3 Å². The van der Waals surface area contributed by atoms with E-state index in [1.54, 1.807) is 0 Å². The normalized spacial score (nSPS) is 11.6. The number of nitrogens with one attached hydrogen (secondary N) is 1. The van der Waals surface area contributed by atoms with Gasteiger partial charge in [0.1, 0.15) is 0 Å². The molecule has 2 aromatic rings. The van der Waals surface area contributed by atoms with Gasteiger partial charge in [0.2, 0.25) is 0 Å². The van der Waals surface area contributed by atoms with Crippen LogP contribution in [0.3, 0.4) is 0 Å². The highest BCUT2D eigenvalue weighted by atomic mass is 35.5.